The fourth-order valence-electron chi connectivity index (χ4n) is 10.3. The summed E-state index contributed by atoms with van der Waals surface area (Å²) in [6, 6.07) is 12.2. The average Bonchev–Trinajstić information content (AvgIpc) is 0.797. The first kappa shape index (κ1) is 115. The molecule has 0 radical (unpaired) electrons. The maximum absolute atomic E-state index is 13.1. The predicted octanol–water partition coefficient (Wildman–Crippen LogP) is 11.6. The van der Waals surface area contributed by atoms with Gasteiger partial charge in [-0.1, -0.05) is 64.4 Å². The molecule has 6 rings (SSSR count). The molecule has 0 spiro atoms. The summed E-state index contributed by atoms with van der Waals surface area (Å²) < 4.78 is 99.0. The van der Waals surface area contributed by atoms with Gasteiger partial charge in [0.05, 0.1) is 103 Å². The minimum atomic E-state index is -1.25. The number of carbonyl (C=O) groups is 12. The molecule has 0 saturated carbocycles. The molecule has 6 aromatic rings. The molecule has 0 aliphatic heterocycles. The quantitative estimate of drug-likeness (QED) is 0.00346. The minimum Gasteiger partial charge on any atom is -0.496 e. The lowest BCUT2D eigenvalue weighted by molar-refractivity contribution is -0.386. The molecule has 2 aromatic heterocycles. The summed E-state index contributed by atoms with van der Waals surface area (Å²) in [6.45, 7) is 11.9. The molecule has 1 N–H and O–H groups in total. The van der Waals surface area contributed by atoms with Crippen molar-refractivity contribution in [2.24, 2.45) is 5.41 Å². The van der Waals surface area contributed by atoms with E-state index in [1.165, 1.54) is 63.4 Å². The molecule has 2 heterocycles. The van der Waals surface area contributed by atoms with Gasteiger partial charge in [0, 0.05) is 93.8 Å². The van der Waals surface area contributed by atoms with E-state index >= 15 is 0 Å². The van der Waals surface area contributed by atoms with Crippen LogP contribution in [-0.2, 0) is 123 Å². The van der Waals surface area contributed by atoms with E-state index in [-0.39, 0.29) is 252 Å². The van der Waals surface area contributed by atoms with Crippen LogP contribution in [0.2, 0.25) is 10.0 Å². The SMILES string of the molecule is C.C.C=CC(=O)OCCOC(=O)C=C.C=CC(=O)OCCOC(=O)CCCOc1cc([N+](=O)[O-])c(C(C)Oc2cc3oc(=O)c(C(=O)OCCOC(=O)c4cc5cc(Cl)c(OC(C)c6cc(OC)c(COCCC(=O)OCCOC(=O)C=C)cc6[N+](=O)[O-])cc5oc4=O)cc3cc2Cl)cc1CO.O=C(CCS)OCC(COC(=O)CCS)(COC(=O)CCS)COC(=O)CCS. The molecule has 0 amide bonds. The highest BCUT2D eigenvalue weighted by atomic mass is 35.5. The number of thiol groups is 4. The Balaban J connectivity index is 0.00000111. The van der Waals surface area contributed by atoms with E-state index in [1.807, 2.05) is 0 Å². The summed E-state index contributed by atoms with van der Waals surface area (Å²) in [5.41, 5.74) is -5.34. The number of nitro benzene ring substituents is 2. The van der Waals surface area contributed by atoms with E-state index in [4.69, 9.17) is 103 Å². The van der Waals surface area contributed by atoms with Crippen LogP contribution in [0.1, 0.15) is 129 Å². The molecule has 2 atom stereocenters. The first-order chi connectivity index (χ1) is 61.6. The number of esters is 12. The highest BCUT2D eigenvalue weighted by Crippen LogP contribution is 2.41. The van der Waals surface area contributed by atoms with Crippen LogP contribution in [0.15, 0.2) is 130 Å². The summed E-state index contributed by atoms with van der Waals surface area (Å²) in [5.74, 6) is -7.05. The molecule has 0 fully saturated rings. The van der Waals surface area contributed by atoms with E-state index in [9.17, 15) is 92.5 Å². The number of fused-ring (bicyclic) bond motifs is 2. The second-order valence-electron chi connectivity index (χ2n) is 26.0. The van der Waals surface area contributed by atoms with Crippen LogP contribution in [0.5, 0.6) is 23.0 Å². The Bertz CT molecular complexity index is 4760. The molecular formula is C85H100Cl2N2O38S4. The Morgan fingerprint density at radius 1 is 0.443 bits per heavy atom. The van der Waals surface area contributed by atoms with Crippen molar-refractivity contribution in [2.45, 2.75) is 99.1 Å². The van der Waals surface area contributed by atoms with Crippen molar-refractivity contribution in [3.8, 4) is 23.0 Å². The van der Waals surface area contributed by atoms with Gasteiger partial charge in [-0.15, -0.1) is 0 Å². The lowest BCUT2D eigenvalue weighted by Crippen LogP contribution is -2.44. The summed E-state index contributed by atoms with van der Waals surface area (Å²) >= 11 is 29.0. The van der Waals surface area contributed by atoms with Gasteiger partial charge in [0.25, 0.3) is 11.4 Å². The zero-order valence-corrected chi connectivity index (χ0v) is 74.7. The number of benzene rings is 4. The van der Waals surface area contributed by atoms with Crippen LogP contribution >= 0.6 is 73.7 Å². The van der Waals surface area contributed by atoms with E-state index in [2.05, 4.69) is 86.3 Å². The first-order valence-electron chi connectivity index (χ1n) is 38.3. The van der Waals surface area contributed by atoms with Crippen LogP contribution in [0.3, 0.4) is 0 Å². The van der Waals surface area contributed by atoms with Crippen molar-refractivity contribution in [3.63, 3.8) is 0 Å². The van der Waals surface area contributed by atoms with Gasteiger partial charge >= 0.3 is 82.9 Å². The number of hydrogen-bond acceptors (Lipinski definition) is 42. The molecule has 716 valence electrons. The number of carbonyl (C=O) groups excluding carboxylic acids is 12. The van der Waals surface area contributed by atoms with Gasteiger partial charge in [-0.2, -0.15) is 50.5 Å². The Morgan fingerprint density at radius 2 is 0.794 bits per heavy atom. The van der Waals surface area contributed by atoms with E-state index in [0.717, 1.165) is 42.5 Å². The Kier molecular flexibility index (Phi) is 53.8. The van der Waals surface area contributed by atoms with Gasteiger partial charge in [0.15, 0.2) is 0 Å². The summed E-state index contributed by atoms with van der Waals surface area (Å²) in [5, 5.41) is 34.8. The number of ether oxygens (including phenoxy) is 17. The van der Waals surface area contributed by atoms with Gasteiger partial charge in [-0.25, -0.2) is 38.4 Å². The third kappa shape index (κ3) is 40.4. The van der Waals surface area contributed by atoms with Crippen molar-refractivity contribution >= 4 is 179 Å². The smallest absolute Gasteiger partial charge is 0.351 e. The van der Waals surface area contributed by atoms with Gasteiger partial charge in [0.1, 0.15) is 142 Å². The predicted molar refractivity (Wildman–Crippen MR) is 481 cm³/mol. The lowest BCUT2D eigenvalue weighted by Gasteiger charge is -2.31. The zero-order valence-electron chi connectivity index (χ0n) is 69.6. The molecule has 4 aromatic carbocycles. The minimum absolute atomic E-state index is 0. The number of aliphatic hydroxyl groups excluding tert-OH is 1. The fraction of sp³-hybridized carbons (Fsp3) is 0.412. The number of hydrogen-bond donors (Lipinski definition) is 5. The molecule has 0 aliphatic rings. The first-order valence-corrected chi connectivity index (χ1v) is 41.6. The molecular weight excluding hydrogens is 1860 g/mol. The van der Waals surface area contributed by atoms with Gasteiger partial charge in [-0.3, -0.25) is 49.0 Å². The van der Waals surface area contributed by atoms with Crippen LogP contribution in [-0.4, -0.2) is 209 Å². The molecule has 0 aliphatic carbocycles. The van der Waals surface area contributed by atoms with Gasteiger partial charge in [0.2, 0.25) is 0 Å². The Hall–Kier alpha value is -12.2. The Morgan fingerprint density at radius 3 is 1.15 bits per heavy atom. The molecule has 46 heteroatoms. The standard InChI is InChI=1S/C58H54Cl2N2O26.C17H28O8S4.C8H10O4.2CH4/c1-6-51(64)79-13-15-81-53(66)9-8-11-78-46-26-44(62(74)75)37(21-35(46)29-63)31(3)85-49-27-47-33(22-41(49)59)19-39(57(70)87-47)55(68)83-17-18-84-56(69)40-20-34-23-42(60)50(28-48(34)88-58(40)71)86-32(4)38-25-45(76-5)36(24-43(38)61(72)73)30-77-12-10-54(67)82-16-14-80-52(65)7-2;18-13(1-5-26)22-9-17(10-23-14(19)2-6-27,11-24-15(20)3-7-28)12-25-16(21)4-8-29;1-3-7(9)11-5-6-12-8(10)4-2;;/h6-7,19-28,31-32,63H,1-2,8-18,29-30H2,3-5H3;26-29H,1-12H2;3-4H,1-2,5-6H2;2*1H4. The number of nitrogens with zero attached hydrogens (tertiary/aromatic N) is 2. The lowest BCUT2D eigenvalue weighted by atomic mass is 9.92. The third-order valence-corrected chi connectivity index (χ3v) is 18.1. The molecule has 0 saturated heterocycles. The van der Waals surface area contributed by atoms with Gasteiger partial charge in [-0.05, 0) is 56.7 Å². The normalized spacial score (nSPS) is 10.9. The van der Waals surface area contributed by atoms with E-state index < -0.39 is 147 Å². The summed E-state index contributed by atoms with van der Waals surface area (Å²) in [4.78, 5) is 190. The highest BCUT2D eigenvalue weighted by molar-refractivity contribution is 7.80. The number of methoxy groups -OCH3 is 1. The largest absolute Gasteiger partial charge is 0.496 e. The van der Waals surface area contributed by atoms with Crippen LogP contribution in [0.4, 0.5) is 11.4 Å². The number of aliphatic hydroxyl groups is 1. The molecule has 40 nitrogen and oxygen atoms in total. The van der Waals surface area contributed by atoms with Crippen molar-refractivity contribution < 1.29 is 162 Å². The van der Waals surface area contributed by atoms with E-state index in [1.54, 1.807) is 0 Å². The number of halogens is 2. The summed E-state index contributed by atoms with van der Waals surface area (Å²) in [6.07, 6.45) is 1.94. The van der Waals surface area contributed by atoms with Crippen LogP contribution in [0, 0.1) is 25.6 Å². The number of nitro groups is 2. The fourth-order valence-corrected chi connectivity index (χ4v) is 11.4. The monoisotopic (exact) mass is 1950 g/mol. The highest BCUT2D eigenvalue weighted by Gasteiger charge is 2.38. The second kappa shape index (κ2) is 61.4. The maximum atomic E-state index is 13.1. The molecule has 131 heavy (non-hydrogen) atoms. The zero-order chi connectivity index (χ0) is 95.7. The van der Waals surface area contributed by atoms with Crippen molar-refractivity contribution in [1.29, 1.82) is 0 Å². The van der Waals surface area contributed by atoms with Crippen molar-refractivity contribution in [1.82, 2.24) is 0 Å². The third-order valence-electron chi connectivity index (χ3n) is 16.6. The van der Waals surface area contributed by atoms with Crippen molar-refractivity contribution in [2.75, 3.05) is 123 Å². The summed E-state index contributed by atoms with van der Waals surface area (Å²) in [7, 11) is 1.33. The van der Waals surface area contributed by atoms with Crippen LogP contribution < -0.4 is 30.2 Å². The van der Waals surface area contributed by atoms with Crippen LogP contribution in [0.25, 0.3) is 21.9 Å². The Labute approximate surface area is 781 Å². The topological polar surface area (TPSA) is 529 Å². The second-order valence-corrected chi connectivity index (χ2v) is 28.6. The molecule has 0 bridgehead atoms. The van der Waals surface area contributed by atoms with Gasteiger partial charge < -0.3 is 94.5 Å². The van der Waals surface area contributed by atoms with Crippen molar-refractivity contribution in [3.05, 3.63) is 196 Å². The average molecular weight is 1960 g/mol. The number of rotatable bonds is 54. The van der Waals surface area contributed by atoms with E-state index in [0.29, 0.717) is 0 Å². The molecule has 2 unspecified atom stereocenters. The maximum Gasteiger partial charge on any atom is 0.351 e.